The summed E-state index contributed by atoms with van der Waals surface area (Å²) in [7, 11) is -10.9. The normalized spacial score (nSPS) is 20.4. The van der Waals surface area contributed by atoms with Crippen molar-refractivity contribution in [3.05, 3.63) is 83.5 Å². The van der Waals surface area contributed by atoms with Crippen molar-refractivity contribution in [3.8, 4) is 0 Å². The fraction of sp³-hybridized carbons (Fsp3) is 0.667. The molecule has 7 N–H and O–H groups in total. The fourth-order valence-electron chi connectivity index (χ4n) is 6.88. The van der Waals surface area contributed by atoms with E-state index in [0.717, 1.165) is 68.0 Å². The summed E-state index contributed by atoms with van der Waals surface area (Å²) >= 11 is 0. The van der Waals surface area contributed by atoms with Crippen LogP contribution in [0.15, 0.2) is 77.8 Å². The Morgan fingerprint density at radius 3 is 1.99 bits per heavy atom. The number of aliphatic hydroxyl groups excluding tert-OH is 3. The van der Waals surface area contributed by atoms with E-state index in [1.807, 2.05) is 12.2 Å². The summed E-state index contributed by atoms with van der Waals surface area (Å²) in [5.41, 5.74) is 4.57. The Morgan fingerprint density at radius 1 is 0.783 bits per heavy atom. The number of rotatable bonds is 38. The number of nitrogens with zero attached hydrogens (tertiary/aromatic N) is 2. The molecule has 1 saturated heterocycles. The van der Waals surface area contributed by atoms with Gasteiger partial charge in [0.05, 0.1) is 19.3 Å². The van der Waals surface area contributed by atoms with Gasteiger partial charge in [-0.25, -0.2) is 13.9 Å². The predicted molar refractivity (Wildman–Crippen MR) is 262 cm³/mol. The number of ether oxygens (including phenoxy) is 3. The van der Waals surface area contributed by atoms with E-state index in [9.17, 15) is 48.6 Å². The molecule has 0 aromatic carbocycles. The Morgan fingerprint density at radius 2 is 1.36 bits per heavy atom. The standard InChI is InChI=1S/C48H79N3O16P2/c1-4-5-6-7-8-9-10-11-12-16-19-22-25-29-39(52)30-27-32-43(53)62-35-40(65-44(54)31-26-23-20-17-14-13-15-18-21-24-28-38(2)3)36-63-68(58,59)67-69(60,61)64-37-41-45(55)46(56)47(66-41)51-34-33-42(49)50-48(51)57/h5-6,8-9,11-12,19,22,25,29,33-34,38-41,45-47,52,55-56H,4,7,10,13-18,20-21,23-24,26-28,30-32,35-37H2,1-3H3,(H,58,59)(H,60,61)(H2,49,50,57)/b6-5-,9-8-,12-11-,22-19-,29-25+/t39?,40-,41-,45-,46-,47-/m1/s1. The van der Waals surface area contributed by atoms with Gasteiger partial charge in [-0.15, -0.1) is 0 Å². The van der Waals surface area contributed by atoms with Crippen LogP contribution in [0.2, 0.25) is 0 Å². The van der Waals surface area contributed by atoms with E-state index in [-0.39, 0.29) is 31.5 Å². The van der Waals surface area contributed by atoms with E-state index in [2.05, 4.69) is 66.5 Å². The van der Waals surface area contributed by atoms with E-state index in [0.29, 0.717) is 6.42 Å². The number of nitrogens with two attached hydrogens (primary N) is 1. The lowest BCUT2D eigenvalue weighted by atomic mass is 10.0. The highest BCUT2D eigenvalue weighted by molar-refractivity contribution is 7.61. The smallest absolute Gasteiger partial charge is 0.462 e. The second-order valence-corrected chi connectivity index (χ2v) is 20.3. The van der Waals surface area contributed by atoms with Gasteiger partial charge in [0, 0.05) is 19.0 Å². The van der Waals surface area contributed by atoms with Crippen LogP contribution in [0.3, 0.4) is 0 Å². The molecule has 2 rings (SSSR count). The number of carbonyl (C=O) groups excluding carboxylic acids is 2. The molecule has 0 aliphatic carbocycles. The average molecular weight is 1020 g/mol. The number of nitrogen functional groups attached to an aromatic ring is 1. The molecule has 3 unspecified atom stereocenters. The Hall–Kier alpha value is -3.58. The highest BCUT2D eigenvalue weighted by Crippen LogP contribution is 2.60. The summed E-state index contributed by atoms with van der Waals surface area (Å²) in [6.45, 7) is 4.10. The first-order valence-electron chi connectivity index (χ1n) is 24.3. The number of aliphatic hydroxyl groups is 3. The SMILES string of the molecule is CC/C=C\C/C=C\C/C=C\C/C=C\C=C\C(O)CCCC(=O)OC[C@H](COP(=O)(O)OP(=O)(O)OC[C@H]1O[C@@H](n2ccc(N)nc2=O)[C@H](O)[C@@H]1O)OC(=O)CCCCCCCCCCCCC(C)C. The zero-order valence-electron chi connectivity index (χ0n) is 40.6. The van der Waals surface area contributed by atoms with Crippen LogP contribution in [0, 0.1) is 5.92 Å². The van der Waals surface area contributed by atoms with Gasteiger partial charge in [0.15, 0.2) is 12.3 Å². The molecular weight excluding hydrogens is 936 g/mol. The van der Waals surface area contributed by atoms with Gasteiger partial charge in [-0.05, 0) is 56.9 Å². The van der Waals surface area contributed by atoms with Crippen molar-refractivity contribution in [1.29, 1.82) is 0 Å². The zero-order chi connectivity index (χ0) is 50.9. The average Bonchev–Trinajstić information content (AvgIpc) is 3.56. The van der Waals surface area contributed by atoms with Gasteiger partial charge in [0.1, 0.15) is 30.7 Å². The van der Waals surface area contributed by atoms with Crippen molar-refractivity contribution in [3.63, 3.8) is 0 Å². The largest absolute Gasteiger partial charge is 0.481 e. The third-order valence-corrected chi connectivity index (χ3v) is 13.3. The van der Waals surface area contributed by atoms with E-state index in [1.54, 1.807) is 12.2 Å². The minimum absolute atomic E-state index is 0.00764. The van der Waals surface area contributed by atoms with Crippen LogP contribution in [-0.4, -0.2) is 96.9 Å². The number of phosphoric acid groups is 2. The van der Waals surface area contributed by atoms with Crippen LogP contribution in [-0.2, 0) is 46.3 Å². The van der Waals surface area contributed by atoms with Gasteiger partial charge in [0.2, 0.25) is 0 Å². The number of esters is 2. The molecule has 0 spiro atoms. The zero-order valence-corrected chi connectivity index (χ0v) is 42.4. The first-order valence-corrected chi connectivity index (χ1v) is 27.3. The van der Waals surface area contributed by atoms with Crippen molar-refractivity contribution in [1.82, 2.24) is 9.55 Å². The summed E-state index contributed by atoms with van der Waals surface area (Å²) in [5.74, 6) is -0.780. The minimum atomic E-state index is -5.46. The van der Waals surface area contributed by atoms with Gasteiger partial charge in [-0.1, -0.05) is 146 Å². The topological polar surface area (TPSA) is 286 Å². The maximum Gasteiger partial charge on any atom is 0.481 e. The van der Waals surface area contributed by atoms with Crippen molar-refractivity contribution in [2.45, 2.75) is 180 Å². The lowest BCUT2D eigenvalue weighted by Gasteiger charge is -2.21. The summed E-state index contributed by atoms with van der Waals surface area (Å²) in [4.78, 5) is 61.8. The van der Waals surface area contributed by atoms with Crippen LogP contribution < -0.4 is 11.4 Å². The minimum Gasteiger partial charge on any atom is -0.462 e. The molecular formula is C48H79N3O16P2. The van der Waals surface area contributed by atoms with Crippen LogP contribution in [0.4, 0.5) is 5.82 Å². The number of aromatic nitrogens is 2. The highest BCUT2D eigenvalue weighted by atomic mass is 31.3. The lowest BCUT2D eigenvalue weighted by molar-refractivity contribution is -0.161. The number of allylic oxidation sites excluding steroid dienone is 9. The maximum absolute atomic E-state index is 12.8. The first kappa shape index (κ1) is 61.5. The Kier molecular flexibility index (Phi) is 31.7. The van der Waals surface area contributed by atoms with Crippen molar-refractivity contribution in [2.24, 2.45) is 5.92 Å². The second kappa shape index (κ2) is 35.5. The van der Waals surface area contributed by atoms with Crippen LogP contribution in [0.5, 0.6) is 0 Å². The summed E-state index contributed by atoms with van der Waals surface area (Å²) in [6, 6.07) is 1.24. The maximum atomic E-state index is 12.8. The molecule has 0 amide bonds. The molecule has 0 bridgehead atoms. The Balaban J connectivity index is 1.87. The molecule has 2 heterocycles. The van der Waals surface area contributed by atoms with Crippen molar-refractivity contribution in [2.75, 3.05) is 25.6 Å². The number of hydrogen-bond acceptors (Lipinski definition) is 16. The second-order valence-electron chi connectivity index (χ2n) is 17.3. The molecule has 1 aliphatic rings. The van der Waals surface area contributed by atoms with Gasteiger partial charge in [-0.2, -0.15) is 9.29 Å². The molecule has 0 radical (unpaired) electrons. The molecule has 1 aromatic rings. The van der Waals surface area contributed by atoms with Crippen LogP contribution in [0.25, 0.3) is 0 Å². The molecule has 8 atom stereocenters. The monoisotopic (exact) mass is 1020 g/mol. The number of unbranched alkanes of at least 4 members (excludes halogenated alkanes) is 9. The van der Waals surface area contributed by atoms with Crippen molar-refractivity contribution < 1.29 is 71.4 Å². The molecule has 1 fully saturated rings. The number of anilines is 1. The molecule has 19 nitrogen and oxygen atoms in total. The van der Waals surface area contributed by atoms with Crippen LogP contribution in [0.1, 0.15) is 149 Å². The third kappa shape index (κ3) is 29.4. The van der Waals surface area contributed by atoms with E-state index >= 15 is 0 Å². The molecule has 1 aromatic heterocycles. The van der Waals surface area contributed by atoms with Gasteiger partial charge >= 0.3 is 33.3 Å². The number of hydrogen-bond donors (Lipinski definition) is 6. The van der Waals surface area contributed by atoms with Crippen LogP contribution >= 0.6 is 15.6 Å². The number of carbonyl (C=O) groups is 2. The summed E-state index contributed by atoms with van der Waals surface area (Å²) in [5, 5.41) is 31.2. The molecule has 21 heteroatoms. The molecule has 69 heavy (non-hydrogen) atoms. The summed E-state index contributed by atoms with van der Waals surface area (Å²) < 4.78 is 56.5. The van der Waals surface area contributed by atoms with Crippen molar-refractivity contribution >= 4 is 33.4 Å². The lowest BCUT2D eigenvalue weighted by Crippen LogP contribution is -2.36. The quantitative estimate of drug-likeness (QED) is 0.0119. The Labute approximate surface area is 407 Å². The molecule has 392 valence electrons. The number of phosphoric ester groups is 2. The fourth-order valence-corrected chi connectivity index (χ4v) is 8.99. The summed E-state index contributed by atoms with van der Waals surface area (Å²) in [6.07, 6.45) is 27.8. The Bertz CT molecular complexity index is 1920. The predicted octanol–water partition coefficient (Wildman–Crippen LogP) is 8.38. The first-order chi connectivity index (χ1) is 32.9. The molecule has 1 aliphatic heterocycles. The van der Waals surface area contributed by atoms with Gasteiger partial charge in [0.25, 0.3) is 0 Å². The van der Waals surface area contributed by atoms with Gasteiger partial charge < -0.3 is 45.1 Å². The third-order valence-electron chi connectivity index (χ3n) is 10.6. The van der Waals surface area contributed by atoms with E-state index in [1.165, 1.54) is 44.6 Å². The molecule has 0 saturated carbocycles. The highest BCUT2D eigenvalue weighted by Gasteiger charge is 2.46. The van der Waals surface area contributed by atoms with E-state index < -0.39 is 89.8 Å². The van der Waals surface area contributed by atoms with E-state index in [4.69, 9.17) is 29.0 Å². The van der Waals surface area contributed by atoms with Gasteiger partial charge in [-0.3, -0.25) is 23.2 Å².